The molecular formula is C15H27NO3. The van der Waals surface area contributed by atoms with E-state index in [-0.39, 0.29) is 23.8 Å². The van der Waals surface area contributed by atoms with E-state index in [1.54, 1.807) is 6.92 Å². The molecule has 0 aromatic carbocycles. The van der Waals surface area contributed by atoms with Gasteiger partial charge in [0.05, 0.1) is 12.0 Å². The largest absolute Gasteiger partial charge is 0.465 e. The molecule has 0 spiro atoms. The first-order valence-electron chi connectivity index (χ1n) is 7.50. The highest BCUT2D eigenvalue weighted by molar-refractivity contribution is 5.86. The molecule has 0 aromatic rings. The van der Waals surface area contributed by atoms with Crippen molar-refractivity contribution in [2.75, 3.05) is 13.2 Å². The van der Waals surface area contributed by atoms with E-state index in [1.807, 2.05) is 0 Å². The molecule has 4 heteroatoms. The lowest BCUT2D eigenvalue weighted by Crippen LogP contribution is -2.46. The maximum atomic E-state index is 12.5. The number of hydrogen-bond donors (Lipinski definition) is 1. The third kappa shape index (κ3) is 3.95. The highest BCUT2D eigenvalue weighted by atomic mass is 16.5. The van der Waals surface area contributed by atoms with Crippen LogP contribution in [0.1, 0.15) is 59.3 Å². The summed E-state index contributed by atoms with van der Waals surface area (Å²) in [7, 11) is 0. The van der Waals surface area contributed by atoms with Gasteiger partial charge in [0.25, 0.3) is 0 Å². The number of rotatable bonds is 5. The second-order valence-electron chi connectivity index (χ2n) is 5.50. The van der Waals surface area contributed by atoms with E-state index in [0.29, 0.717) is 12.5 Å². The molecule has 0 aromatic heterocycles. The first-order chi connectivity index (χ1) is 9.06. The number of nitrogens with one attached hydrogen (secondary N) is 1. The molecule has 110 valence electrons. The van der Waals surface area contributed by atoms with Crippen molar-refractivity contribution >= 4 is 11.9 Å². The molecule has 19 heavy (non-hydrogen) atoms. The number of esters is 1. The Labute approximate surface area is 116 Å². The third-order valence-corrected chi connectivity index (χ3v) is 4.49. The molecule has 1 N–H and O–H groups in total. The van der Waals surface area contributed by atoms with Gasteiger partial charge in [0, 0.05) is 0 Å². The Morgan fingerprint density at radius 3 is 2.63 bits per heavy atom. The molecule has 0 saturated heterocycles. The van der Waals surface area contributed by atoms with E-state index in [4.69, 9.17) is 4.74 Å². The molecule has 1 saturated carbocycles. The van der Waals surface area contributed by atoms with Crippen molar-refractivity contribution in [1.82, 2.24) is 5.32 Å². The molecule has 0 bridgehead atoms. The van der Waals surface area contributed by atoms with Gasteiger partial charge in [0.1, 0.15) is 6.54 Å². The maximum absolute atomic E-state index is 12.5. The monoisotopic (exact) mass is 269 g/mol. The van der Waals surface area contributed by atoms with Gasteiger partial charge in [-0.1, -0.05) is 33.1 Å². The number of amides is 1. The SMILES string of the molecule is CCOC(=O)CNC(=O)C1(CC)CCCCCC1C. The van der Waals surface area contributed by atoms with E-state index in [2.05, 4.69) is 19.2 Å². The summed E-state index contributed by atoms with van der Waals surface area (Å²) >= 11 is 0. The molecule has 1 aliphatic rings. The summed E-state index contributed by atoms with van der Waals surface area (Å²) in [5.41, 5.74) is -0.303. The van der Waals surface area contributed by atoms with Crippen LogP contribution in [-0.4, -0.2) is 25.0 Å². The zero-order valence-corrected chi connectivity index (χ0v) is 12.5. The average molecular weight is 269 g/mol. The van der Waals surface area contributed by atoms with Crippen molar-refractivity contribution in [1.29, 1.82) is 0 Å². The quantitative estimate of drug-likeness (QED) is 0.616. The van der Waals surface area contributed by atoms with Gasteiger partial charge < -0.3 is 10.1 Å². The van der Waals surface area contributed by atoms with Crippen LogP contribution in [0.15, 0.2) is 0 Å². The third-order valence-electron chi connectivity index (χ3n) is 4.49. The normalized spacial score (nSPS) is 27.4. The Hall–Kier alpha value is -1.06. The Balaban J connectivity index is 2.65. The Kier molecular flexibility index (Phi) is 6.32. The van der Waals surface area contributed by atoms with Gasteiger partial charge in [-0.25, -0.2) is 0 Å². The molecule has 0 heterocycles. The lowest BCUT2D eigenvalue weighted by atomic mass is 9.70. The topological polar surface area (TPSA) is 55.4 Å². The van der Waals surface area contributed by atoms with Crippen LogP contribution in [0.25, 0.3) is 0 Å². The van der Waals surface area contributed by atoms with E-state index in [0.717, 1.165) is 25.7 Å². The van der Waals surface area contributed by atoms with Crippen molar-refractivity contribution in [2.45, 2.75) is 59.3 Å². The lowest BCUT2D eigenvalue weighted by Gasteiger charge is -2.35. The summed E-state index contributed by atoms with van der Waals surface area (Å²) in [5.74, 6) is 0.0445. The summed E-state index contributed by atoms with van der Waals surface area (Å²) in [4.78, 5) is 23.8. The van der Waals surface area contributed by atoms with Crippen molar-refractivity contribution in [2.24, 2.45) is 11.3 Å². The van der Waals surface area contributed by atoms with E-state index < -0.39 is 0 Å². The van der Waals surface area contributed by atoms with Crippen LogP contribution < -0.4 is 5.32 Å². The van der Waals surface area contributed by atoms with Crippen LogP contribution in [0.3, 0.4) is 0 Å². The second kappa shape index (κ2) is 7.51. The van der Waals surface area contributed by atoms with Gasteiger partial charge in [-0.05, 0) is 32.1 Å². The summed E-state index contributed by atoms with van der Waals surface area (Å²) in [5, 5.41) is 2.77. The molecule has 0 radical (unpaired) electrons. The Morgan fingerprint density at radius 1 is 1.26 bits per heavy atom. The molecule has 1 rings (SSSR count). The molecule has 1 fully saturated rings. The molecule has 4 nitrogen and oxygen atoms in total. The van der Waals surface area contributed by atoms with E-state index >= 15 is 0 Å². The fourth-order valence-electron chi connectivity index (χ4n) is 3.15. The number of ether oxygens (including phenoxy) is 1. The van der Waals surface area contributed by atoms with Crippen molar-refractivity contribution in [3.8, 4) is 0 Å². The van der Waals surface area contributed by atoms with Gasteiger partial charge in [-0.2, -0.15) is 0 Å². The molecule has 2 atom stereocenters. The summed E-state index contributed by atoms with van der Waals surface area (Å²) in [6, 6.07) is 0. The molecule has 0 aliphatic heterocycles. The van der Waals surface area contributed by atoms with Crippen molar-refractivity contribution in [3.05, 3.63) is 0 Å². The summed E-state index contributed by atoms with van der Waals surface area (Å²) < 4.78 is 4.84. The minimum absolute atomic E-state index is 0.0128. The van der Waals surface area contributed by atoms with Crippen LogP contribution in [0, 0.1) is 11.3 Å². The van der Waals surface area contributed by atoms with Crippen LogP contribution in [0.4, 0.5) is 0 Å². The summed E-state index contributed by atoms with van der Waals surface area (Å²) in [6.07, 6.45) is 6.37. The number of hydrogen-bond acceptors (Lipinski definition) is 3. The predicted molar refractivity (Wildman–Crippen MR) is 74.6 cm³/mol. The summed E-state index contributed by atoms with van der Waals surface area (Å²) in [6.45, 7) is 6.34. The van der Waals surface area contributed by atoms with Gasteiger partial charge in [0.2, 0.25) is 5.91 Å². The second-order valence-corrected chi connectivity index (χ2v) is 5.50. The van der Waals surface area contributed by atoms with Crippen LogP contribution in [0.5, 0.6) is 0 Å². The molecule has 1 aliphatic carbocycles. The molecular weight excluding hydrogens is 242 g/mol. The van der Waals surface area contributed by atoms with E-state index in [9.17, 15) is 9.59 Å². The fourth-order valence-corrected chi connectivity index (χ4v) is 3.15. The number of carbonyl (C=O) groups is 2. The zero-order valence-electron chi connectivity index (χ0n) is 12.5. The van der Waals surface area contributed by atoms with Crippen LogP contribution >= 0.6 is 0 Å². The zero-order chi connectivity index (χ0) is 14.3. The maximum Gasteiger partial charge on any atom is 0.325 e. The van der Waals surface area contributed by atoms with Gasteiger partial charge in [-0.15, -0.1) is 0 Å². The van der Waals surface area contributed by atoms with Gasteiger partial charge >= 0.3 is 5.97 Å². The number of carbonyl (C=O) groups excluding carboxylic acids is 2. The first kappa shape index (κ1) is 16.0. The van der Waals surface area contributed by atoms with E-state index in [1.165, 1.54) is 12.8 Å². The Morgan fingerprint density at radius 2 is 2.00 bits per heavy atom. The highest BCUT2D eigenvalue weighted by Gasteiger charge is 2.42. The van der Waals surface area contributed by atoms with Crippen LogP contribution in [-0.2, 0) is 14.3 Å². The Bertz CT molecular complexity index is 317. The van der Waals surface area contributed by atoms with Gasteiger partial charge in [0.15, 0.2) is 0 Å². The van der Waals surface area contributed by atoms with Crippen molar-refractivity contribution < 1.29 is 14.3 Å². The fraction of sp³-hybridized carbons (Fsp3) is 0.867. The van der Waals surface area contributed by atoms with Crippen LogP contribution in [0.2, 0.25) is 0 Å². The van der Waals surface area contributed by atoms with Gasteiger partial charge in [-0.3, -0.25) is 9.59 Å². The molecule has 2 unspecified atom stereocenters. The van der Waals surface area contributed by atoms with Crippen molar-refractivity contribution in [3.63, 3.8) is 0 Å². The smallest absolute Gasteiger partial charge is 0.325 e. The average Bonchev–Trinajstić information content (AvgIpc) is 2.59. The lowest BCUT2D eigenvalue weighted by molar-refractivity contribution is -0.145. The predicted octanol–water partition coefficient (Wildman–Crippen LogP) is 2.66. The highest BCUT2D eigenvalue weighted by Crippen LogP contribution is 2.42. The molecule has 1 amide bonds. The minimum atomic E-state index is -0.358. The minimum Gasteiger partial charge on any atom is -0.465 e. The first-order valence-corrected chi connectivity index (χ1v) is 7.50. The standard InChI is InChI=1S/C15H27NO3/c1-4-15(10-8-6-7-9-12(15)3)14(18)16-11-13(17)19-5-2/h12H,4-11H2,1-3H3,(H,16,18).